The van der Waals surface area contributed by atoms with Crippen molar-refractivity contribution < 1.29 is 23.9 Å². The van der Waals surface area contributed by atoms with E-state index in [2.05, 4.69) is 21.2 Å². The molecule has 1 fully saturated rings. The van der Waals surface area contributed by atoms with Crippen LogP contribution in [-0.4, -0.2) is 35.1 Å². The van der Waals surface area contributed by atoms with Gasteiger partial charge in [-0.15, -0.1) is 0 Å². The zero-order valence-electron chi connectivity index (χ0n) is 19.4. The number of ether oxygens (including phenoxy) is 2. The molecule has 9 heteroatoms. The zero-order valence-corrected chi connectivity index (χ0v) is 21.8. The molecule has 7 nitrogen and oxygen atoms in total. The Balaban J connectivity index is 1.49. The molecule has 0 aliphatic carbocycles. The van der Waals surface area contributed by atoms with Crippen LogP contribution in [0.15, 0.2) is 82.2 Å². The van der Waals surface area contributed by atoms with Gasteiger partial charge in [0.15, 0.2) is 11.5 Å². The highest BCUT2D eigenvalue weighted by Crippen LogP contribution is 2.39. The lowest BCUT2D eigenvalue weighted by Crippen LogP contribution is -2.36. The summed E-state index contributed by atoms with van der Waals surface area (Å²) in [5, 5.41) is 2.18. The van der Waals surface area contributed by atoms with Crippen LogP contribution in [0.1, 0.15) is 18.1 Å². The van der Waals surface area contributed by atoms with Crippen LogP contribution >= 0.6 is 27.7 Å². The van der Waals surface area contributed by atoms with E-state index < -0.39 is 17.1 Å². The zero-order chi connectivity index (χ0) is 25.5. The van der Waals surface area contributed by atoms with Gasteiger partial charge in [0.25, 0.3) is 11.1 Å². The maximum atomic E-state index is 12.9. The van der Waals surface area contributed by atoms with Crippen molar-refractivity contribution in [2.24, 2.45) is 0 Å². The number of benzene rings is 3. The number of carbonyl (C=O) groups is 3. The largest absolute Gasteiger partial charge is 0.490 e. The molecule has 1 N–H and O–H groups in total. The molecule has 0 atom stereocenters. The molecule has 4 rings (SSSR count). The number of hydrogen-bond donors (Lipinski definition) is 1. The molecule has 0 spiro atoms. The summed E-state index contributed by atoms with van der Waals surface area (Å²) >= 11 is 4.33. The molecule has 0 saturated carbocycles. The van der Waals surface area contributed by atoms with E-state index in [-0.39, 0.29) is 11.4 Å². The number of amides is 3. The van der Waals surface area contributed by atoms with E-state index in [1.165, 1.54) is 0 Å². The standard InChI is InChI=1S/C27H23BrN2O5S/c1-2-34-22-14-19(13-21(28)25(22)35-17-18-9-5-3-6-10-18)15-23-26(32)30(27(33)36-23)16-24(31)29-20-11-7-4-8-12-20/h3-15H,2,16-17H2,1H3,(H,29,31)/b23-15-. The summed E-state index contributed by atoms with van der Waals surface area (Å²) in [4.78, 5) is 38.9. The van der Waals surface area contributed by atoms with Crippen molar-refractivity contribution >= 4 is 56.5 Å². The van der Waals surface area contributed by atoms with Gasteiger partial charge >= 0.3 is 0 Å². The van der Waals surface area contributed by atoms with E-state index in [0.29, 0.717) is 40.4 Å². The van der Waals surface area contributed by atoms with Crippen molar-refractivity contribution in [3.8, 4) is 11.5 Å². The van der Waals surface area contributed by atoms with Crippen LogP contribution in [0.3, 0.4) is 0 Å². The van der Waals surface area contributed by atoms with E-state index in [9.17, 15) is 14.4 Å². The molecule has 0 unspecified atom stereocenters. The molecule has 3 amide bonds. The number of para-hydroxylation sites is 1. The van der Waals surface area contributed by atoms with Crippen LogP contribution in [0.5, 0.6) is 11.5 Å². The number of halogens is 1. The third kappa shape index (κ3) is 6.35. The first kappa shape index (κ1) is 25.5. The smallest absolute Gasteiger partial charge is 0.294 e. The number of carbonyl (C=O) groups excluding carboxylic acids is 3. The Morgan fingerprint density at radius 1 is 1.03 bits per heavy atom. The van der Waals surface area contributed by atoms with Gasteiger partial charge in [-0.05, 0) is 76.1 Å². The molecule has 1 aliphatic heterocycles. The van der Waals surface area contributed by atoms with Gasteiger partial charge in [-0.1, -0.05) is 48.5 Å². The first-order chi connectivity index (χ1) is 17.4. The molecule has 1 saturated heterocycles. The van der Waals surface area contributed by atoms with Gasteiger partial charge in [0.05, 0.1) is 16.0 Å². The van der Waals surface area contributed by atoms with Gasteiger partial charge in [0.2, 0.25) is 5.91 Å². The Bertz CT molecular complexity index is 1300. The highest BCUT2D eigenvalue weighted by atomic mass is 79.9. The fraction of sp³-hybridized carbons (Fsp3) is 0.148. The molecule has 1 aliphatic rings. The minimum absolute atomic E-state index is 0.222. The minimum Gasteiger partial charge on any atom is -0.490 e. The summed E-state index contributed by atoms with van der Waals surface area (Å²) in [5.41, 5.74) is 2.26. The van der Waals surface area contributed by atoms with Crippen molar-refractivity contribution in [1.82, 2.24) is 4.90 Å². The number of nitrogens with one attached hydrogen (secondary N) is 1. The molecular weight excluding hydrogens is 544 g/mol. The average Bonchev–Trinajstić information content (AvgIpc) is 3.12. The summed E-state index contributed by atoms with van der Waals surface area (Å²) in [6.45, 7) is 2.29. The lowest BCUT2D eigenvalue weighted by atomic mass is 10.1. The average molecular weight is 567 g/mol. The van der Waals surface area contributed by atoms with Crippen LogP contribution in [0.2, 0.25) is 0 Å². The maximum absolute atomic E-state index is 12.9. The third-order valence-electron chi connectivity index (χ3n) is 5.09. The molecule has 184 valence electrons. The molecule has 3 aromatic rings. The normalized spacial score (nSPS) is 14.3. The Morgan fingerprint density at radius 2 is 1.72 bits per heavy atom. The summed E-state index contributed by atoms with van der Waals surface area (Å²) in [7, 11) is 0. The van der Waals surface area contributed by atoms with Crippen LogP contribution < -0.4 is 14.8 Å². The van der Waals surface area contributed by atoms with Crippen molar-refractivity contribution in [2.45, 2.75) is 13.5 Å². The first-order valence-corrected chi connectivity index (χ1v) is 12.8. The highest BCUT2D eigenvalue weighted by molar-refractivity contribution is 9.10. The lowest BCUT2D eigenvalue weighted by molar-refractivity contribution is -0.127. The molecule has 3 aromatic carbocycles. The molecule has 0 bridgehead atoms. The number of thioether (sulfide) groups is 1. The molecule has 1 heterocycles. The van der Waals surface area contributed by atoms with Crippen LogP contribution in [-0.2, 0) is 16.2 Å². The predicted octanol–water partition coefficient (Wildman–Crippen LogP) is 6.10. The number of nitrogens with zero attached hydrogens (tertiary/aromatic N) is 1. The minimum atomic E-state index is -0.522. The maximum Gasteiger partial charge on any atom is 0.294 e. The van der Waals surface area contributed by atoms with Gasteiger partial charge in [-0.25, -0.2) is 0 Å². The van der Waals surface area contributed by atoms with Gasteiger partial charge in [-0.3, -0.25) is 19.3 Å². The lowest BCUT2D eigenvalue weighted by Gasteiger charge is -2.15. The Morgan fingerprint density at radius 3 is 2.42 bits per heavy atom. The summed E-state index contributed by atoms with van der Waals surface area (Å²) in [5.74, 6) is 0.0804. The molecule has 36 heavy (non-hydrogen) atoms. The monoisotopic (exact) mass is 566 g/mol. The fourth-order valence-electron chi connectivity index (χ4n) is 3.46. The van der Waals surface area contributed by atoms with E-state index in [4.69, 9.17) is 9.47 Å². The van der Waals surface area contributed by atoms with Gasteiger partial charge in [0, 0.05) is 5.69 Å². The predicted molar refractivity (Wildman–Crippen MR) is 144 cm³/mol. The van der Waals surface area contributed by atoms with Crippen LogP contribution in [0, 0.1) is 0 Å². The summed E-state index contributed by atoms with van der Waals surface area (Å²) in [6, 6.07) is 22.2. The number of imide groups is 1. The van der Waals surface area contributed by atoms with Crippen molar-refractivity contribution in [3.63, 3.8) is 0 Å². The van der Waals surface area contributed by atoms with E-state index >= 15 is 0 Å². The second-order valence-corrected chi connectivity index (χ2v) is 9.57. The Hall–Kier alpha value is -3.56. The SMILES string of the molecule is CCOc1cc(/C=C2\SC(=O)N(CC(=O)Nc3ccccc3)C2=O)cc(Br)c1OCc1ccccc1. The van der Waals surface area contributed by atoms with E-state index in [0.717, 1.165) is 22.2 Å². The molecular formula is C27H23BrN2O5S. The number of rotatable bonds is 9. The van der Waals surface area contributed by atoms with E-state index in [1.54, 1.807) is 42.5 Å². The topological polar surface area (TPSA) is 84.9 Å². The fourth-order valence-corrected chi connectivity index (χ4v) is 4.87. The van der Waals surface area contributed by atoms with E-state index in [1.807, 2.05) is 43.3 Å². The number of anilines is 1. The van der Waals surface area contributed by atoms with Gasteiger partial charge in [-0.2, -0.15) is 0 Å². The van der Waals surface area contributed by atoms with Gasteiger partial charge in [0.1, 0.15) is 13.2 Å². The Labute approximate surface area is 221 Å². The second kappa shape index (κ2) is 11.9. The van der Waals surface area contributed by atoms with Crippen molar-refractivity contribution in [1.29, 1.82) is 0 Å². The third-order valence-corrected chi connectivity index (χ3v) is 6.58. The second-order valence-electron chi connectivity index (χ2n) is 7.72. The molecule has 0 radical (unpaired) electrons. The molecule has 0 aromatic heterocycles. The highest BCUT2D eigenvalue weighted by Gasteiger charge is 2.36. The van der Waals surface area contributed by atoms with Crippen LogP contribution in [0.25, 0.3) is 6.08 Å². The van der Waals surface area contributed by atoms with Crippen molar-refractivity contribution in [2.75, 3.05) is 18.5 Å². The number of hydrogen-bond acceptors (Lipinski definition) is 6. The quantitative estimate of drug-likeness (QED) is 0.315. The Kier molecular flexibility index (Phi) is 8.45. The summed E-state index contributed by atoms with van der Waals surface area (Å²) < 4.78 is 12.4. The summed E-state index contributed by atoms with van der Waals surface area (Å²) in [6.07, 6.45) is 1.61. The van der Waals surface area contributed by atoms with Crippen molar-refractivity contribution in [3.05, 3.63) is 93.3 Å². The first-order valence-electron chi connectivity index (χ1n) is 11.2. The van der Waals surface area contributed by atoms with Gasteiger partial charge < -0.3 is 14.8 Å². The van der Waals surface area contributed by atoms with Crippen LogP contribution in [0.4, 0.5) is 10.5 Å².